The van der Waals surface area contributed by atoms with Gasteiger partial charge in [0.25, 0.3) is 5.56 Å². The molecule has 1 aliphatic heterocycles. The molecule has 2 aromatic heterocycles. The van der Waals surface area contributed by atoms with E-state index in [1.165, 1.54) is 27.0 Å². The van der Waals surface area contributed by atoms with Crippen LogP contribution in [0.25, 0.3) is 4.96 Å². The van der Waals surface area contributed by atoms with Crippen molar-refractivity contribution in [1.29, 1.82) is 0 Å². The summed E-state index contributed by atoms with van der Waals surface area (Å²) in [6.45, 7) is 6.56. The highest BCUT2D eigenvalue weighted by Crippen LogP contribution is 2.29. The number of aryl methyl sites for hydroxylation is 1. The first kappa shape index (κ1) is 21.0. The highest BCUT2D eigenvalue weighted by Gasteiger charge is 2.26. The fraction of sp³-hybridized carbons (Fsp3) is 0.320. The van der Waals surface area contributed by atoms with Crippen LogP contribution in [0.4, 0.5) is 0 Å². The minimum Gasteiger partial charge on any atom is -0.295 e. The van der Waals surface area contributed by atoms with Crippen molar-refractivity contribution in [3.8, 4) is 0 Å². The quantitative estimate of drug-likeness (QED) is 0.454. The van der Waals surface area contributed by atoms with E-state index in [9.17, 15) is 4.79 Å². The van der Waals surface area contributed by atoms with Gasteiger partial charge in [-0.1, -0.05) is 78.9 Å². The molecule has 0 radical (unpaired) electrons. The molecule has 1 saturated heterocycles. The van der Waals surface area contributed by atoms with Gasteiger partial charge in [0.05, 0.1) is 11.7 Å². The molecular weight excluding hydrogens is 418 g/mol. The van der Waals surface area contributed by atoms with Crippen molar-refractivity contribution in [3.05, 3.63) is 98.9 Å². The van der Waals surface area contributed by atoms with Crippen LogP contribution in [-0.4, -0.2) is 50.6 Å². The second-order valence-corrected chi connectivity index (χ2v) is 9.21. The maximum Gasteiger partial charge on any atom is 0.275 e. The topological polar surface area (TPSA) is 53.7 Å². The van der Waals surface area contributed by atoms with Crippen molar-refractivity contribution in [2.75, 3.05) is 26.2 Å². The van der Waals surface area contributed by atoms with E-state index < -0.39 is 0 Å². The van der Waals surface area contributed by atoms with Crippen LogP contribution >= 0.6 is 11.3 Å². The molecule has 0 atom stereocenters. The monoisotopic (exact) mass is 445 g/mol. The third kappa shape index (κ3) is 4.37. The molecule has 0 N–H and O–H groups in total. The highest BCUT2D eigenvalue weighted by atomic mass is 32.1. The maximum absolute atomic E-state index is 12.5. The van der Waals surface area contributed by atoms with E-state index in [-0.39, 0.29) is 11.6 Å². The van der Waals surface area contributed by atoms with Crippen LogP contribution in [0.3, 0.4) is 0 Å². The van der Waals surface area contributed by atoms with Crippen LogP contribution < -0.4 is 5.56 Å². The zero-order valence-electron chi connectivity index (χ0n) is 18.2. The van der Waals surface area contributed by atoms with E-state index >= 15 is 0 Å². The van der Waals surface area contributed by atoms with Crippen LogP contribution in [0.5, 0.6) is 0 Å². The molecule has 1 fully saturated rings. The first-order chi connectivity index (χ1) is 15.7. The van der Waals surface area contributed by atoms with E-state index in [1.54, 1.807) is 6.07 Å². The Bertz CT molecular complexity index is 1190. The average Bonchev–Trinajstić information content (AvgIpc) is 3.26. The first-order valence-corrected chi connectivity index (χ1v) is 12.0. The Morgan fingerprint density at radius 3 is 2.16 bits per heavy atom. The SMILES string of the molecule is CCc1nn2c(=O)cc(CN3CCN(C(c4ccccc4)c4ccccc4)CC3)nc2s1. The molecule has 3 heterocycles. The summed E-state index contributed by atoms with van der Waals surface area (Å²) in [5, 5.41) is 5.28. The lowest BCUT2D eigenvalue weighted by Gasteiger charge is -2.39. The fourth-order valence-electron chi connectivity index (χ4n) is 4.41. The van der Waals surface area contributed by atoms with E-state index in [0.29, 0.717) is 11.5 Å². The lowest BCUT2D eigenvalue weighted by Crippen LogP contribution is -2.47. The van der Waals surface area contributed by atoms with Gasteiger partial charge < -0.3 is 0 Å². The Labute approximate surface area is 191 Å². The van der Waals surface area contributed by atoms with Gasteiger partial charge in [-0.15, -0.1) is 0 Å². The number of hydrogen-bond acceptors (Lipinski definition) is 6. The summed E-state index contributed by atoms with van der Waals surface area (Å²) in [6.07, 6.45) is 0.814. The van der Waals surface area contributed by atoms with E-state index in [1.807, 2.05) is 6.92 Å². The van der Waals surface area contributed by atoms with Crippen molar-refractivity contribution in [1.82, 2.24) is 24.4 Å². The predicted octanol–water partition coefficient (Wildman–Crippen LogP) is 3.62. The largest absolute Gasteiger partial charge is 0.295 e. The summed E-state index contributed by atoms with van der Waals surface area (Å²) in [4.78, 5) is 22.8. The number of hydrogen-bond donors (Lipinski definition) is 0. The Kier molecular flexibility index (Phi) is 6.12. The predicted molar refractivity (Wildman–Crippen MR) is 128 cm³/mol. The Hall–Kier alpha value is -2.87. The maximum atomic E-state index is 12.5. The molecule has 0 bridgehead atoms. The van der Waals surface area contributed by atoms with Crippen molar-refractivity contribution < 1.29 is 0 Å². The molecule has 6 nitrogen and oxygen atoms in total. The molecule has 0 unspecified atom stereocenters. The average molecular weight is 446 g/mol. The zero-order valence-corrected chi connectivity index (χ0v) is 19.0. The molecular formula is C25H27N5OS. The fourth-order valence-corrected chi connectivity index (χ4v) is 5.27. The van der Waals surface area contributed by atoms with Gasteiger partial charge in [-0.05, 0) is 17.5 Å². The second-order valence-electron chi connectivity index (χ2n) is 8.17. The van der Waals surface area contributed by atoms with Gasteiger partial charge in [0, 0.05) is 38.8 Å². The van der Waals surface area contributed by atoms with Gasteiger partial charge >= 0.3 is 0 Å². The Morgan fingerprint density at radius 1 is 0.938 bits per heavy atom. The van der Waals surface area contributed by atoms with Gasteiger partial charge in [-0.25, -0.2) is 4.98 Å². The highest BCUT2D eigenvalue weighted by molar-refractivity contribution is 7.16. The molecule has 5 rings (SSSR count). The van der Waals surface area contributed by atoms with Crippen LogP contribution in [-0.2, 0) is 13.0 Å². The van der Waals surface area contributed by atoms with Crippen molar-refractivity contribution in [2.24, 2.45) is 0 Å². The van der Waals surface area contributed by atoms with E-state index in [2.05, 4.69) is 75.6 Å². The first-order valence-electron chi connectivity index (χ1n) is 11.2. The third-order valence-corrected chi connectivity index (χ3v) is 7.08. The van der Waals surface area contributed by atoms with Gasteiger partial charge in [0.1, 0.15) is 5.01 Å². The number of benzene rings is 2. The number of aromatic nitrogens is 3. The minimum atomic E-state index is -0.0900. The molecule has 32 heavy (non-hydrogen) atoms. The van der Waals surface area contributed by atoms with Gasteiger partial charge in [-0.2, -0.15) is 9.61 Å². The van der Waals surface area contributed by atoms with Crippen molar-refractivity contribution in [2.45, 2.75) is 25.9 Å². The lowest BCUT2D eigenvalue weighted by atomic mass is 9.96. The molecule has 0 saturated carbocycles. The smallest absolute Gasteiger partial charge is 0.275 e. The third-order valence-electron chi connectivity index (χ3n) is 6.03. The van der Waals surface area contributed by atoms with Crippen molar-refractivity contribution >= 4 is 16.3 Å². The molecule has 4 aromatic rings. The Balaban J connectivity index is 1.31. The Morgan fingerprint density at radius 2 is 1.56 bits per heavy atom. The molecule has 0 aliphatic carbocycles. The minimum absolute atomic E-state index is 0.0900. The number of nitrogens with zero attached hydrogens (tertiary/aromatic N) is 5. The standard InChI is InChI=1S/C25H27N5OS/c1-2-22-27-30-23(31)17-21(26-25(30)32-22)18-28-13-15-29(16-14-28)24(19-9-5-3-6-10-19)20-11-7-4-8-12-20/h3-12,17,24H,2,13-16,18H2,1H3. The summed E-state index contributed by atoms with van der Waals surface area (Å²) >= 11 is 1.50. The van der Waals surface area contributed by atoms with Crippen molar-refractivity contribution in [3.63, 3.8) is 0 Å². The zero-order chi connectivity index (χ0) is 21.9. The van der Waals surface area contributed by atoms with Crippen LogP contribution in [0.15, 0.2) is 71.5 Å². The summed E-state index contributed by atoms with van der Waals surface area (Å²) in [5.41, 5.74) is 3.39. The van der Waals surface area contributed by atoms with Crippen LogP contribution in [0.2, 0.25) is 0 Å². The number of piperazine rings is 1. The normalized spacial score (nSPS) is 15.6. The molecule has 2 aromatic carbocycles. The molecule has 1 aliphatic rings. The summed E-state index contributed by atoms with van der Waals surface area (Å²) in [6, 6.07) is 23.4. The molecule has 0 amide bonds. The number of rotatable bonds is 6. The second kappa shape index (κ2) is 9.32. The summed E-state index contributed by atoms with van der Waals surface area (Å²) in [7, 11) is 0. The van der Waals surface area contributed by atoms with E-state index in [0.717, 1.165) is 43.3 Å². The lowest BCUT2D eigenvalue weighted by molar-refractivity contribution is 0.104. The van der Waals surface area contributed by atoms with Gasteiger partial charge in [0.15, 0.2) is 0 Å². The molecule has 7 heteroatoms. The number of fused-ring (bicyclic) bond motifs is 1. The van der Waals surface area contributed by atoms with E-state index in [4.69, 9.17) is 4.98 Å². The van der Waals surface area contributed by atoms with Gasteiger partial charge in [0.2, 0.25) is 4.96 Å². The molecule has 0 spiro atoms. The van der Waals surface area contributed by atoms with Gasteiger partial charge in [-0.3, -0.25) is 14.6 Å². The molecule has 164 valence electrons. The summed E-state index contributed by atoms with van der Waals surface area (Å²) in [5.74, 6) is 0. The summed E-state index contributed by atoms with van der Waals surface area (Å²) < 4.78 is 1.43. The van der Waals surface area contributed by atoms with Crippen LogP contribution in [0, 0.1) is 0 Å². The van der Waals surface area contributed by atoms with Crippen LogP contribution in [0.1, 0.15) is 34.8 Å².